The lowest BCUT2D eigenvalue weighted by molar-refractivity contribution is 0.0948. The summed E-state index contributed by atoms with van der Waals surface area (Å²) >= 11 is 0. The van der Waals surface area contributed by atoms with Gasteiger partial charge in [0.15, 0.2) is 5.65 Å². The molecule has 0 saturated carbocycles. The highest BCUT2D eigenvalue weighted by Gasteiger charge is 2.14. The first-order valence-electron chi connectivity index (χ1n) is 7.20. The molecule has 0 radical (unpaired) electrons. The van der Waals surface area contributed by atoms with E-state index in [2.05, 4.69) is 15.3 Å². The van der Waals surface area contributed by atoms with Crippen molar-refractivity contribution < 1.29 is 4.79 Å². The Labute approximate surface area is 132 Å². The van der Waals surface area contributed by atoms with Crippen molar-refractivity contribution in [2.45, 2.75) is 20.4 Å². The molecule has 7 nitrogen and oxygen atoms in total. The molecule has 0 aliphatic carbocycles. The number of nitrogens with one attached hydrogen (secondary N) is 1. The highest BCUT2D eigenvalue weighted by molar-refractivity contribution is 5.94. The van der Waals surface area contributed by atoms with Crippen molar-refractivity contribution in [3.63, 3.8) is 0 Å². The van der Waals surface area contributed by atoms with Gasteiger partial charge in [0.1, 0.15) is 5.56 Å². The quantitative estimate of drug-likeness (QED) is 0.781. The Morgan fingerprint density at radius 2 is 2.09 bits per heavy atom. The number of rotatable bonds is 3. The molecule has 7 heteroatoms. The van der Waals surface area contributed by atoms with Gasteiger partial charge in [-0.15, -0.1) is 0 Å². The predicted octanol–water partition coefficient (Wildman–Crippen LogP) is 0.975. The van der Waals surface area contributed by atoms with E-state index >= 15 is 0 Å². The van der Waals surface area contributed by atoms with Gasteiger partial charge in [-0.2, -0.15) is 0 Å². The molecule has 1 N–H and O–H groups in total. The highest BCUT2D eigenvalue weighted by atomic mass is 16.2. The van der Waals surface area contributed by atoms with Crippen molar-refractivity contribution in [3.05, 3.63) is 63.7 Å². The minimum Gasteiger partial charge on any atom is -0.346 e. The van der Waals surface area contributed by atoms with E-state index < -0.39 is 5.91 Å². The van der Waals surface area contributed by atoms with Gasteiger partial charge in [0.2, 0.25) is 0 Å². The molecule has 0 spiro atoms. The lowest BCUT2D eigenvalue weighted by Crippen LogP contribution is -2.33. The zero-order valence-corrected chi connectivity index (χ0v) is 13.2. The number of imidazole rings is 1. The third kappa shape index (κ3) is 2.61. The maximum absolute atomic E-state index is 12.3. The summed E-state index contributed by atoms with van der Waals surface area (Å²) in [6.45, 7) is 4.01. The standard InChI is InChI=1S/C16H17N5O2/c1-10-6-13(16(23)20(3)11(10)2)15(22)19-8-12-7-18-14-9-17-4-5-21(12)14/h4-7,9H,8H2,1-3H3,(H,19,22). The van der Waals surface area contributed by atoms with Crippen molar-refractivity contribution >= 4 is 11.6 Å². The first-order chi connectivity index (χ1) is 11.0. The van der Waals surface area contributed by atoms with Crippen LogP contribution in [-0.2, 0) is 13.6 Å². The fourth-order valence-electron chi connectivity index (χ4n) is 2.43. The number of hydrogen-bond donors (Lipinski definition) is 1. The number of hydrogen-bond acceptors (Lipinski definition) is 4. The van der Waals surface area contributed by atoms with Crippen molar-refractivity contribution in [1.82, 2.24) is 24.3 Å². The molecule has 23 heavy (non-hydrogen) atoms. The largest absolute Gasteiger partial charge is 0.346 e. The molecule has 118 valence electrons. The van der Waals surface area contributed by atoms with Crippen LogP contribution in [0.2, 0.25) is 0 Å². The normalized spacial score (nSPS) is 10.9. The van der Waals surface area contributed by atoms with Crippen LogP contribution in [0.3, 0.4) is 0 Å². The summed E-state index contributed by atoms with van der Waals surface area (Å²) in [6, 6.07) is 1.63. The first kappa shape index (κ1) is 15.0. The van der Waals surface area contributed by atoms with Crippen molar-refractivity contribution in [2.24, 2.45) is 7.05 Å². The molecule has 0 aliphatic heterocycles. The molecule has 1 amide bonds. The van der Waals surface area contributed by atoms with Crippen molar-refractivity contribution in [3.8, 4) is 0 Å². The Bertz CT molecular complexity index is 955. The summed E-state index contributed by atoms with van der Waals surface area (Å²) in [5.74, 6) is -0.391. The summed E-state index contributed by atoms with van der Waals surface area (Å²) in [6.07, 6.45) is 6.75. The zero-order valence-electron chi connectivity index (χ0n) is 13.2. The Balaban J connectivity index is 1.84. The number of aryl methyl sites for hydroxylation is 1. The van der Waals surface area contributed by atoms with Crippen LogP contribution in [0.1, 0.15) is 27.3 Å². The van der Waals surface area contributed by atoms with Gasteiger partial charge in [-0.25, -0.2) is 4.98 Å². The summed E-state index contributed by atoms with van der Waals surface area (Å²) < 4.78 is 3.33. The SMILES string of the molecule is Cc1cc(C(=O)NCc2cnc3cnccn23)c(=O)n(C)c1C. The number of nitrogens with zero attached hydrogens (tertiary/aromatic N) is 4. The Kier molecular flexibility index (Phi) is 3.69. The van der Waals surface area contributed by atoms with Crippen molar-refractivity contribution in [2.75, 3.05) is 0 Å². The minimum absolute atomic E-state index is 0.145. The molecular weight excluding hydrogens is 294 g/mol. The Hall–Kier alpha value is -2.96. The lowest BCUT2D eigenvalue weighted by Gasteiger charge is -2.10. The van der Waals surface area contributed by atoms with Crippen LogP contribution >= 0.6 is 0 Å². The molecule has 0 bridgehead atoms. The molecular formula is C16H17N5O2. The fourth-order valence-corrected chi connectivity index (χ4v) is 2.43. The van der Waals surface area contributed by atoms with E-state index in [1.807, 2.05) is 18.2 Å². The first-order valence-corrected chi connectivity index (χ1v) is 7.20. The third-order valence-electron chi connectivity index (χ3n) is 4.04. The maximum Gasteiger partial charge on any atom is 0.263 e. The molecule has 0 aliphatic rings. The third-order valence-corrected chi connectivity index (χ3v) is 4.04. The Morgan fingerprint density at radius 1 is 1.30 bits per heavy atom. The molecule has 3 aromatic rings. The number of aromatic nitrogens is 4. The fraction of sp³-hybridized carbons (Fsp3) is 0.250. The van der Waals surface area contributed by atoms with Gasteiger partial charge in [-0.05, 0) is 25.5 Å². The molecule has 0 aromatic carbocycles. The van der Waals surface area contributed by atoms with Crippen LogP contribution in [0, 0.1) is 13.8 Å². The molecule has 3 aromatic heterocycles. The van der Waals surface area contributed by atoms with Crippen LogP contribution < -0.4 is 10.9 Å². The molecule has 0 saturated heterocycles. The molecule has 0 atom stereocenters. The summed E-state index contributed by atoms with van der Waals surface area (Å²) in [5.41, 5.74) is 3.12. The van der Waals surface area contributed by atoms with Crippen LogP contribution in [0.4, 0.5) is 0 Å². The van der Waals surface area contributed by atoms with Gasteiger partial charge in [0.25, 0.3) is 11.5 Å². The molecule has 0 fully saturated rings. The predicted molar refractivity (Wildman–Crippen MR) is 85.3 cm³/mol. The van der Waals surface area contributed by atoms with E-state index in [1.54, 1.807) is 37.9 Å². The number of fused-ring (bicyclic) bond motifs is 1. The monoisotopic (exact) mass is 311 g/mol. The zero-order chi connectivity index (χ0) is 16.6. The van der Waals surface area contributed by atoms with Crippen molar-refractivity contribution in [1.29, 1.82) is 0 Å². The minimum atomic E-state index is -0.391. The second-order valence-corrected chi connectivity index (χ2v) is 5.43. The van der Waals surface area contributed by atoms with Crippen LogP contribution in [0.5, 0.6) is 0 Å². The van der Waals surface area contributed by atoms with Gasteiger partial charge in [-0.1, -0.05) is 0 Å². The topological polar surface area (TPSA) is 81.3 Å². The highest BCUT2D eigenvalue weighted by Crippen LogP contribution is 2.07. The molecule has 0 unspecified atom stereocenters. The van der Waals surface area contributed by atoms with Gasteiger partial charge >= 0.3 is 0 Å². The summed E-state index contributed by atoms with van der Waals surface area (Å²) in [7, 11) is 1.67. The van der Waals surface area contributed by atoms with E-state index in [-0.39, 0.29) is 17.7 Å². The number of carbonyl (C=O) groups excluding carboxylic acids is 1. The molecule has 3 heterocycles. The number of pyridine rings is 1. The average Bonchev–Trinajstić information content (AvgIpc) is 2.97. The van der Waals surface area contributed by atoms with E-state index in [9.17, 15) is 9.59 Å². The van der Waals surface area contributed by atoms with E-state index in [0.29, 0.717) is 5.65 Å². The van der Waals surface area contributed by atoms with Gasteiger partial charge in [0, 0.05) is 25.1 Å². The van der Waals surface area contributed by atoms with Crippen LogP contribution in [-0.4, -0.2) is 24.8 Å². The average molecular weight is 311 g/mol. The number of carbonyl (C=O) groups is 1. The smallest absolute Gasteiger partial charge is 0.263 e. The van der Waals surface area contributed by atoms with E-state index in [1.165, 1.54) is 4.57 Å². The van der Waals surface area contributed by atoms with Gasteiger partial charge in [-0.3, -0.25) is 19.0 Å². The number of amides is 1. The van der Waals surface area contributed by atoms with Gasteiger partial charge < -0.3 is 9.88 Å². The Morgan fingerprint density at radius 3 is 2.87 bits per heavy atom. The van der Waals surface area contributed by atoms with Crippen LogP contribution in [0.25, 0.3) is 5.65 Å². The molecule has 3 rings (SSSR count). The maximum atomic E-state index is 12.3. The van der Waals surface area contributed by atoms with Crippen LogP contribution in [0.15, 0.2) is 35.6 Å². The second-order valence-electron chi connectivity index (χ2n) is 5.43. The van der Waals surface area contributed by atoms with E-state index in [0.717, 1.165) is 17.0 Å². The second kappa shape index (κ2) is 5.68. The lowest BCUT2D eigenvalue weighted by atomic mass is 10.1. The summed E-state index contributed by atoms with van der Waals surface area (Å²) in [4.78, 5) is 32.8. The van der Waals surface area contributed by atoms with Gasteiger partial charge in [0.05, 0.1) is 24.6 Å². The van der Waals surface area contributed by atoms with E-state index in [4.69, 9.17) is 0 Å². The summed E-state index contributed by atoms with van der Waals surface area (Å²) in [5, 5.41) is 2.77.